The van der Waals surface area contributed by atoms with E-state index in [1.54, 1.807) is 0 Å². The topological polar surface area (TPSA) is 124 Å². The minimum atomic E-state index is -5.62. The molecule has 0 heterocycles. The third-order valence-corrected chi connectivity index (χ3v) is 8.74. The fourth-order valence-corrected chi connectivity index (χ4v) is 5.98. The second-order valence-electron chi connectivity index (χ2n) is 12.5. The van der Waals surface area contributed by atoms with Crippen molar-refractivity contribution in [1.29, 1.82) is 0 Å². The Kier molecular flexibility index (Phi) is 16.6. The molecule has 1 aromatic carbocycles. The predicted molar refractivity (Wildman–Crippen MR) is 172 cm³/mol. The summed E-state index contributed by atoms with van der Waals surface area (Å²) < 4.78 is 117. The molecule has 0 saturated heterocycles. The Morgan fingerprint density at radius 2 is 0.904 bits per heavy atom. The summed E-state index contributed by atoms with van der Waals surface area (Å²) in [5, 5.41) is 0. The van der Waals surface area contributed by atoms with Crippen LogP contribution in [0.3, 0.4) is 0 Å². The number of carbonyl (C=O) groups excluding carboxylic acids is 4. The zero-order valence-corrected chi connectivity index (χ0v) is 28.7. The summed E-state index contributed by atoms with van der Waals surface area (Å²) in [7, 11) is 0. The first kappa shape index (κ1) is 42.5. The van der Waals surface area contributed by atoms with Gasteiger partial charge in [0.2, 0.25) is 0 Å². The Morgan fingerprint density at radius 1 is 0.577 bits per heavy atom. The van der Waals surface area contributed by atoms with Gasteiger partial charge in [0.05, 0.1) is 37.3 Å². The van der Waals surface area contributed by atoms with E-state index in [0.29, 0.717) is 76.7 Å². The van der Waals surface area contributed by atoms with E-state index in [-0.39, 0.29) is 51.1 Å². The molecule has 0 aliphatic heterocycles. The standard InChI is InChI=1S/C36H44F6O10/c1-3-29(43)49-21-7-5-19-47-25-13-9-23(10-14-25)33(45)51-27-17-18-28(32(36(40,41)42)31(27)35(37,38)39)52-34(46)24-11-15-26(16-12-24)48-20-6-8-22-50-30(44)4-2/h3-4,17-18,23-26H,1-2,5-16,19-22H2. The molecular weight excluding hydrogens is 706 g/mol. The van der Waals surface area contributed by atoms with Crippen molar-refractivity contribution in [2.24, 2.45) is 11.8 Å². The quantitative estimate of drug-likeness (QED) is 0.0485. The van der Waals surface area contributed by atoms with Crippen LogP contribution in [0, 0.1) is 11.8 Å². The van der Waals surface area contributed by atoms with Crippen molar-refractivity contribution in [2.45, 2.75) is 102 Å². The number of carbonyl (C=O) groups is 4. The lowest BCUT2D eigenvalue weighted by Gasteiger charge is -2.28. The molecule has 0 atom stereocenters. The van der Waals surface area contributed by atoms with Gasteiger partial charge in [0, 0.05) is 25.4 Å². The highest BCUT2D eigenvalue weighted by molar-refractivity contribution is 5.81. The summed E-state index contributed by atoms with van der Waals surface area (Å²) in [6.07, 6.45) is -5.06. The van der Waals surface area contributed by atoms with Crippen LogP contribution in [-0.2, 0) is 50.5 Å². The largest absolute Gasteiger partial charge is 0.463 e. The van der Waals surface area contributed by atoms with Gasteiger partial charge in [-0.15, -0.1) is 0 Å². The van der Waals surface area contributed by atoms with E-state index in [9.17, 15) is 45.5 Å². The molecule has 2 saturated carbocycles. The monoisotopic (exact) mass is 750 g/mol. The Balaban J connectivity index is 1.56. The van der Waals surface area contributed by atoms with E-state index in [4.69, 9.17) is 28.4 Å². The van der Waals surface area contributed by atoms with E-state index in [0.717, 1.165) is 12.2 Å². The molecule has 10 nitrogen and oxygen atoms in total. The number of unbranched alkanes of at least 4 members (excludes halogenated alkanes) is 2. The molecule has 52 heavy (non-hydrogen) atoms. The fraction of sp³-hybridized carbons (Fsp3) is 0.611. The van der Waals surface area contributed by atoms with Crippen LogP contribution in [-0.4, -0.2) is 62.5 Å². The minimum Gasteiger partial charge on any atom is -0.463 e. The Morgan fingerprint density at radius 3 is 1.21 bits per heavy atom. The van der Waals surface area contributed by atoms with Crippen molar-refractivity contribution in [3.05, 3.63) is 48.6 Å². The van der Waals surface area contributed by atoms with Crippen LogP contribution in [0.4, 0.5) is 26.3 Å². The number of benzene rings is 1. The highest BCUT2D eigenvalue weighted by Crippen LogP contribution is 2.49. The number of alkyl halides is 6. The SMILES string of the molecule is C=CC(=O)OCCCCOC1CCC(C(=O)Oc2ccc(OC(=O)C3CCC(OCCCCOC(=O)C=C)CC3)c(C(F)(F)F)c2C(F)(F)F)CC1. The van der Waals surface area contributed by atoms with Gasteiger partial charge < -0.3 is 28.4 Å². The van der Waals surface area contributed by atoms with Gasteiger partial charge in [-0.05, 0) is 89.2 Å². The second kappa shape index (κ2) is 20.4. The molecule has 2 aliphatic carbocycles. The van der Waals surface area contributed by atoms with Crippen molar-refractivity contribution >= 4 is 23.9 Å². The van der Waals surface area contributed by atoms with E-state index in [1.807, 2.05) is 0 Å². The molecular formula is C36H44F6O10. The van der Waals surface area contributed by atoms with Gasteiger partial charge in [0.1, 0.15) is 22.6 Å². The molecule has 2 fully saturated rings. The molecule has 290 valence electrons. The number of halogens is 6. The summed E-state index contributed by atoms with van der Waals surface area (Å²) in [6.45, 7) is 7.70. The van der Waals surface area contributed by atoms with Crippen LogP contribution < -0.4 is 9.47 Å². The fourth-order valence-electron chi connectivity index (χ4n) is 5.98. The number of rotatable bonds is 18. The average molecular weight is 751 g/mol. The van der Waals surface area contributed by atoms with Gasteiger partial charge in [-0.3, -0.25) is 9.59 Å². The van der Waals surface area contributed by atoms with Crippen LogP contribution >= 0.6 is 0 Å². The summed E-state index contributed by atoms with van der Waals surface area (Å²) in [6, 6.07) is 1.12. The van der Waals surface area contributed by atoms with E-state index in [1.165, 1.54) is 0 Å². The van der Waals surface area contributed by atoms with Crippen LogP contribution in [0.1, 0.15) is 88.2 Å². The van der Waals surface area contributed by atoms with Crippen LogP contribution in [0.2, 0.25) is 0 Å². The molecule has 0 spiro atoms. The van der Waals surface area contributed by atoms with E-state index in [2.05, 4.69) is 13.2 Å². The zero-order valence-electron chi connectivity index (χ0n) is 28.7. The maximum Gasteiger partial charge on any atom is 0.420 e. The number of esters is 4. The lowest BCUT2D eigenvalue weighted by Crippen LogP contribution is -2.31. The highest BCUT2D eigenvalue weighted by atomic mass is 19.4. The molecule has 2 aliphatic rings. The first-order valence-corrected chi connectivity index (χ1v) is 17.2. The van der Waals surface area contributed by atoms with Gasteiger partial charge >= 0.3 is 36.2 Å². The molecule has 16 heteroatoms. The second-order valence-corrected chi connectivity index (χ2v) is 12.5. The van der Waals surface area contributed by atoms with Gasteiger partial charge in [-0.2, -0.15) is 26.3 Å². The Labute approximate surface area is 297 Å². The number of hydrogen-bond acceptors (Lipinski definition) is 10. The summed E-state index contributed by atoms with van der Waals surface area (Å²) in [4.78, 5) is 47.9. The van der Waals surface area contributed by atoms with Crippen molar-refractivity contribution in [1.82, 2.24) is 0 Å². The Hall–Kier alpha value is -3.92. The van der Waals surface area contributed by atoms with Crippen molar-refractivity contribution in [3.8, 4) is 11.5 Å². The van der Waals surface area contributed by atoms with Crippen LogP contribution in [0.5, 0.6) is 11.5 Å². The van der Waals surface area contributed by atoms with E-state index >= 15 is 0 Å². The van der Waals surface area contributed by atoms with Gasteiger partial charge in [0.25, 0.3) is 0 Å². The molecule has 0 N–H and O–H groups in total. The van der Waals surface area contributed by atoms with Crippen LogP contribution in [0.25, 0.3) is 0 Å². The zero-order chi connectivity index (χ0) is 38.3. The molecule has 0 aromatic heterocycles. The molecule has 0 radical (unpaired) electrons. The molecule has 1 aromatic rings. The smallest absolute Gasteiger partial charge is 0.420 e. The normalized spacial score (nSPS) is 20.7. The van der Waals surface area contributed by atoms with Gasteiger partial charge in [-0.1, -0.05) is 13.2 Å². The first-order chi connectivity index (χ1) is 24.6. The van der Waals surface area contributed by atoms with Gasteiger partial charge in [0.15, 0.2) is 0 Å². The lowest BCUT2D eigenvalue weighted by atomic mass is 9.87. The maximum absolute atomic E-state index is 14.3. The molecule has 0 amide bonds. The summed E-state index contributed by atoms with van der Waals surface area (Å²) >= 11 is 0. The van der Waals surface area contributed by atoms with Crippen molar-refractivity contribution in [2.75, 3.05) is 26.4 Å². The maximum atomic E-state index is 14.3. The third-order valence-electron chi connectivity index (χ3n) is 8.74. The van der Waals surface area contributed by atoms with Crippen molar-refractivity contribution < 1.29 is 73.9 Å². The summed E-state index contributed by atoms with van der Waals surface area (Å²) in [5.41, 5.74) is -4.52. The highest BCUT2D eigenvalue weighted by Gasteiger charge is 2.49. The minimum absolute atomic E-state index is 0.185. The molecule has 0 bridgehead atoms. The summed E-state index contributed by atoms with van der Waals surface area (Å²) in [5.74, 6) is -7.69. The van der Waals surface area contributed by atoms with Crippen LogP contribution in [0.15, 0.2) is 37.4 Å². The molecule has 3 rings (SSSR count). The first-order valence-electron chi connectivity index (χ1n) is 17.2. The van der Waals surface area contributed by atoms with Crippen molar-refractivity contribution in [3.63, 3.8) is 0 Å². The molecule has 0 unspecified atom stereocenters. The average Bonchev–Trinajstić information content (AvgIpc) is 3.10. The third kappa shape index (κ3) is 13.6. The Bertz CT molecular complexity index is 1270. The predicted octanol–water partition coefficient (Wildman–Crippen LogP) is 7.70. The number of hydrogen-bond donors (Lipinski definition) is 0. The lowest BCUT2D eigenvalue weighted by molar-refractivity contribution is -0.166. The van der Waals surface area contributed by atoms with E-state index < -0.39 is 70.7 Å². The van der Waals surface area contributed by atoms with Gasteiger partial charge in [-0.25, -0.2) is 9.59 Å². The number of ether oxygens (including phenoxy) is 6.